The van der Waals surface area contributed by atoms with Crippen molar-refractivity contribution in [1.29, 1.82) is 0 Å². The van der Waals surface area contributed by atoms with Crippen molar-refractivity contribution in [1.82, 2.24) is 45.5 Å². The van der Waals surface area contributed by atoms with Crippen molar-refractivity contribution < 1.29 is 36.8 Å². The third-order valence-corrected chi connectivity index (χ3v) is 11.4. The van der Waals surface area contributed by atoms with E-state index in [0.717, 1.165) is 23.0 Å². The van der Waals surface area contributed by atoms with E-state index in [1.54, 1.807) is 42.7 Å². The highest BCUT2D eigenvalue weighted by Crippen LogP contribution is 2.20. The molecule has 0 bridgehead atoms. The summed E-state index contributed by atoms with van der Waals surface area (Å²) in [6.07, 6.45) is 5.76. The van der Waals surface area contributed by atoms with Crippen LogP contribution in [-0.4, -0.2) is 94.1 Å². The van der Waals surface area contributed by atoms with Crippen LogP contribution < -0.4 is 43.3 Å². The van der Waals surface area contributed by atoms with E-state index < -0.39 is 82.3 Å². The van der Waals surface area contributed by atoms with E-state index in [1.807, 2.05) is 24.3 Å². The first-order valence-corrected chi connectivity index (χ1v) is 21.6. The molecular formula is C42H53FN12O7S. The third-order valence-electron chi connectivity index (χ3n) is 10.1. The topological polar surface area (TPSA) is 305 Å². The summed E-state index contributed by atoms with van der Waals surface area (Å²) < 4.78 is 45.4. The number of rotatable bonds is 24. The van der Waals surface area contributed by atoms with Crippen molar-refractivity contribution in [3.63, 3.8) is 0 Å². The number of aromatic nitrogens is 3. The average molecular weight is 889 g/mol. The first-order chi connectivity index (χ1) is 30.1. The van der Waals surface area contributed by atoms with E-state index in [9.17, 15) is 36.8 Å². The lowest BCUT2D eigenvalue weighted by molar-refractivity contribution is -0.133. The van der Waals surface area contributed by atoms with Crippen LogP contribution in [0.5, 0.6) is 0 Å². The zero-order valence-corrected chi connectivity index (χ0v) is 35.4. The molecule has 63 heavy (non-hydrogen) atoms. The van der Waals surface area contributed by atoms with Gasteiger partial charge in [0.15, 0.2) is 0 Å². The monoisotopic (exact) mass is 888 g/mol. The van der Waals surface area contributed by atoms with Gasteiger partial charge >= 0.3 is 0 Å². The fraction of sp³-hybridized carbons (Fsp3) is 0.333. The number of para-hydroxylation sites is 1. The molecule has 3 aromatic carbocycles. The van der Waals surface area contributed by atoms with E-state index in [2.05, 4.69) is 41.1 Å². The van der Waals surface area contributed by atoms with Gasteiger partial charge in [-0.25, -0.2) is 9.37 Å². The lowest BCUT2D eigenvalue weighted by Gasteiger charge is -2.28. The van der Waals surface area contributed by atoms with Gasteiger partial charge in [0, 0.05) is 36.1 Å². The number of imidazole rings is 1. The summed E-state index contributed by atoms with van der Waals surface area (Å²) in [5.74, 6) is -4.77. The molecule has 2 heterocycles. The normalized spacial score (nSPS) is 14.0. The van der Waals surface area contributed by atoms with Gasteiger partial charge in [0.05, 0.1) is 24.6 Å². The Balaban J connectivity index is 1.37. The molecule has 5 atom stereocenters. The van der Waals surface area contributed by atoms with Gasteiger partial charge < -0.3 is 43.1 Å². The molecule has 5 rings (SSSR count). The second-order valence-electron chi connectivity index (χ2n) is 14.9. The number of carbonyl (C=O) groups excluding carboxylic acids is 5. The van der Waals surface area contributed by atoms with E-state index in [0.29, 0.717) is 40.6 Å². The van der Waals surface area contributed by atoms with Crippen LogP contribution in [0.4, 0.5) is 4.39 Å². The molecule has 0 spiro atoms. The molecule has 19 nitrogen and oxygen atoms in total. The van der Waals surface area contributed by atoms with Gasteiger partial charge in [-0.15, -0.1) is 0 Å². The summed E-state index contributed by atoms with van der Waals surface area (Å²) in [6.45, 7) is 1.09. The zero-order chi connectivity index (χ0) is 45.5. The van der Waals surface area contributed by atoms with Gasteiger partial charge in [-0.05, 0) is 74.0 Å². The van der Waals surface area contributed by atoms with E-state index in [1.165, 1.54) is 25.4 Å². The van der Waals surface area contributed by atoms with Crippen LogP contribution in [0, 0.1) is 5.82 Å². The molecule has 13 N–H and O–H groups in total. The Morgan fingerprint density at radius 3 is 2.14 bits per heavy atom. The number of carbonyl (C=O) groups is 5. The third kappa shape index (κ3) is 14.0. The lowest BCUT2D eigenvalue weighted by Crippen LogP contribution is -2.60. The fourth-order valence-electron chi connectivity index (χ4n) is 6.60. The van der Waals surface area contributed by atoms with Gasteiger partial charge in [-0.1, -0.05) is 65.1 Å². The maximum Gasteiger partial charge on any atom is 0.297 e. The number of nitrogens with one attached hydrogen (secondary N) is 7. The Labute approximate surface area is 363 Å². The molecule has 5 aromatic rings. The predicted molar refractivity (Wildman–Crippen MR) is 232 cm³/mol. The SMILES string of the molecule is C[C@H](NC(=O)[C@@H](Cc1c[nH]c2ccccc12)NC(=O)[C@@H](N)Cc1c[nH]cn1)C(=O)NN(Cc1ccc(F)cc1)S(=O)(=O)N[C@H](Cc1ccccc1)C(=O)N[C@@H](CCCCN)C(N)=O. The van der Waals surface area contributed by atoms with Gasteiger partial charge in [0.1, 0.15) is 30.0 Å². The lowest BCUT2D eigenvalue weighted by atomic mass is 10.0. The van der Waals surface area contributed by atoms with Crippen LogP contribution in [-0.2, 0) is 60.0 Å². The molecule has 0 saturated carbocycles. The Bertz CT molecular complexity index is 2420. The number of fused-ring (bicyclic) bond motifs is 1. The molecule has 336 valence electrons. The number of hydrazine groups is 1. The number of hydrogen-bond acceptors (Lipinski definition) is 10. The second-order valence-corrected chi connectivity index (χ2v) is 16.6. The summed E-state index contributed by atoms with van der Waals surface area (Å²) in [4.78, 5) is 77.3. The molecule has 0 unspecified atom stereocenters. The van der Waals surface area contributed by atoms with Crippen LogP contribution >= 0.6 is 0 Å². The van der Waals surface area contributed by atoms with E-state index in [4.69, 9.17) is 17.2 Å². The first kappa shape index (κ1) is 47.5. The summed E-state index contributed by atoms with van der Waals surface area (Å²) in [5.41, 5.74) is 22.5. The maximum absolute atomic E-state index is 14.3. The molecular weight excluding hydrogens is 836 g/mol. The number of primary amides is 1. The van der Waals surface area contributed by atoms with Crippen molar-refractivity contribution >= 4 is 50.6 Å². The van der Waals surface area contributed by atoms with Crippen LogP contribution in [0.25, 0.3) is 10.9 Å². The van der Waals surface area contributed by atoms with Crippen molar-refractivity contribution in [2.24, 2.45) is 17.2 Å². The Hall–Kier alpha value is -6.52. The summed E-state index contributed by atoms with van der Waals surface area (Å²) in [5, 5.41) is 8.58. The summed E-state index contributed by atoms with van der Waals surface area (Å²) in [6, 6.07) is 14.2. The van der Waals surface area contributed by atoms with Crippen molar-refractivity contribution in [3.8, 4) is 0 Å². The number of hydrogen-bond donors (Lipinski definition) is 10. The Morgan fingerprint density at radius 2 is 1.46 bits per heavy atom. The first-order valence-electron chi connectivity index (χ1n) is 20.2. The van der Waals surface area contributed by atoms with Gasteiger partial charge in [0.2, 0.25) is 23.6 Å². The van der Waals surface area contributed by atoms with Gasteiger partial charge in [-0.3, -0.25) is 29.4 Å². The second kappa shape index (κ2) is 22.5. The molecule has 2 aromatic heterocycles. The molecule has 0 aliphatic carbocycles. The highest BCUT2D eigenvalue weighted by atomic mass is 32.2. The number of unbranched alkanes of at least 4 members (excludes halogenated alkanes) is 1. The van der Waals surface area contributed by atoms with Crippen LogP contribution in [0.2, 0.25) is 0 Å². The van der Waals surface area contributed by atoms with Crippen molar-refractivity contribution in [3.05, 3.63) is 126 Å². The minimum Gasteiger partial charge on any atom is -0.368 e. The van der Waals surface area contributed by atoms with Crippen LogP contribution in [0.3, 0.4) is 0 Å². The largest absolute Gasteiger partial charge is 0.368 e. The molecule has 5 amide bonds. The van der Waals surface area contributed by atoms with E-state index >= 15 is 0 Å². The number of H-pyrrole nitrogens is 2. The molecule has 0 aliphatic heterocycles. The molecule has 0 saturated heterocycles. The zero-order valence-electron chi connectivity index (χ0n) is 34.6. The van der Waals surface area contributed by atoms with E-state index in [-0.39, 0.29) is 31.2 Å². The highest BCUT2D eigenvalue weighted by Gasteiger charge is 2.34. The fourth-order valence-corrected chi connectivity index (χ4v) is 7.81. The van der Waals surface area contributed by atoms with Crippen molar-refractivity contribution in [2.45, 2.75) is 82.2 Å². The molecule has 21 heteroatoms. The Morgan fingerprint density at radius 1 is 0.778 bits per heavy atom. The number of nitrogens with zero attached hydrogens (tertiary/aromatic N) is 2. The number of aromatic amines is 2. The molecule has 0 radical (unpaired) electrons. The van der Waals surface area contributed by atoms with Crippen molar-refractivity contribution in [2.75, 3.05) is 6.54 Å². The average Bonchev–Trinajstić information content (AvgIpc) is 3.93. The number of benzene rings is 3. The van der Waals surface area contributed by atoms with Crippen LogP contribution in [0.1, 0.15) is 48.6 Å². The minimum absolute atomic E-state index is 0.0193. The van der Waals surface area contributed by atoms with Gasteiger partial charge in [0.25, 0.3) is 16.1 Å². The predicted octanol–water partition coefficient (Wildman–Crippen LogP) is 0.210. The van der Waals surface area contributed by atoms with Crippen LogP contribution in [0.15, 0.2) is 97.6 Å². The quantitative estimate of drug-likeness (QED) is 0.0297. The summed E-state index contributed by atoms with van der Waals surface area (Å²) in [7, 11) is -4.88. The van der Waals surface area contributed by atoms with Gasteiger partial charge in [-0.2, -0.15) is 13.1 Å². The molecule has 0 aliphatic rings. The maximum atomic E-state index is 14.3. The molecule has 0 fully saturated rings. The summed E-state index contributed by atoms with van der Waals surface area (Å²) >= 11 is 0. The number of amides is 5. The smallest absolute Gasteiger partial charge is 0.297 e. The minimum atomic E-state index is -4.88. The highest BCUT2D eigenvalue weighted by molar-refractivity contribution is 7.87. The number of nitrogens with two attached hydrogens (primary N) is 3. The number of halogens is 1. The standard InChI is InChI=1S/C42H53FN12O7S/c1-26(50-41(59)36(20-29-22-48-34-12-6-5-11-32(29)34)52-40(58)33(45)21-31-23-47-25-49-31)39(57)53-55(24-28-14-16-30(43)17-15-28)63(61,62)54-37(19-27-9-3-2-4-10-27)42(60)51-35(38(46)56)13-7-8-18-44/h2-6,9-12,14-17,22-23,25-26,33,35-37,48,54H,7-8,13,18-21,24,44-45H2,1H3,(H2,46,56)(H,47,49)(H,50,59)(H,51,60)(H,52,58)(H,53,57)/t26-,33-,35-,36+,37+/m0/s1. The Kier molecular flexibility index (Phi) is 17.0.